The first-order chi connectivity index (χ1) is 9.63. The summed E-state index contributed by atoms with van der Waals surface area (Å²) in [5.41, 5.74) is 1.16. The average molecular weight is 338 g/mol. The molecule has 1 saturated heterocycles. The summed E-state index contributed by atoms with van der Waals surface area (Å²) in [6.45, 7) is 3.84. The fraction of sp³-hybridized carbons (Fsp3) is 0.600. The smallest absolute Gasteiger partial charge is 0.225 e. The van der Waals surface area contributed by atoms with E-state index in [1.54, 1.807) is 0 Å². The van der Waals surface area contributed by atoms with Crippen LogP contribution in [-0.2, 0) is 4.79 Å². The Hall–Kier alpha value is -1.10. The monoisotopic (exact) mass is 337 g/mol. The Labute approximate surface area is 128 Å². The summed E-state index contributed by atoms with van der Waals surface area (Å²) in [5, 5.41) is 3.13. The van der Waals surface area contributed by atoms with Gasteiger partial charge in [-0.3, -0.25) is 4.79 Å². The number of nitrogens with one attached hydrogen (secondary N) is 1. The Morgan fingerprint density at radius 1 is 1.45 bits per heavy atom. The molecule has 4 nitrogen and oxygen atoms in total. The molecule has 2 fully saturated rings. The van der Waals surface area contributed by atoms with Gasteiger partial charge in [-0.1, -0.05) is 0 Å². The molecule has 1 aromatic rings. The van der Waals surface area contributed by atoms with Crippen molar-refractivity contribution < 1.29 is 4.79 Å². The van der Waals surface area contributed by atoms with E-state index in [9.17, 15) is 4.79 Å². The van der Waals surface area contributed by atoms with Crippen molar-refractivity contribution in [2.24, 2.45) is 5.92 Å². The molecule has 0 radical (unpaired) electrons. The van der Waals surface area contributed by atoms with Crippen molar-refractivity contribution in [3.05, 3.63) is 22.3 Å². The van der Waals surface area contributed by atoms with Crippen molar-refractivity contribution in [1.82, 2.24) is 10.3 Å². The first-order valence-corrected chi connectivity index (χ1v) is 8.10. The number of carbonyl (C=O) groups is 1. The van der Waals surface area contributed by atoms with Crippen LogP contribution in [0.15, 0.2) is 16.7 Å². The molecular formula is C15H20BrN3O. The zero-order valence-electron chi connectivity index (χ0n) is 11.7. The molecule has 0 bridgehead atoms. The number of pyridine rings is 1. The predicted molar refractivity (Wildman–Crippen MR) is 82.8 cm³/mol. The molecule has 5 heteroatoms. The number of amides is 1. The van der Waals surface area contributed by atoms with Gasteiger partial charge in [0.25, 0.3) is 0 Å². The van der Waals surface area contributed by atoms with Gasteiger partial charge in [0, 0.05) is 29.8 Å². The maximum absolute atomic E-state index is 12.2. The first kappa shape index (κ1) is 13.9. The lowest BCUT2D eigenvalue weighted by Gasteiger charge is -2.33. The van der Waals surface area contributed by atoms with E-state index >= 15 is 0 Å². The Balaban J connectivity index is 1.69. The highest BCUT2D eigenvalue weighted by molar-refractivity contribution is 9.10. The van der Waals surface area contributed by atoms with Gasteiger partial charge in [-0.15, -0.1) is 0 Å². The molecule has 1 unspecified atom stereocenters. The van der Waals surface area contributed by atoms with E-state index in [0.29, 0.717) is 6.04 Å². The predicted octanol–water partition coefficient (Wildman–Crippen LogP) is 2.65. The van der Waals surface area contributed by atoms with Crippen LogP contribution in [-0.4, -0.2) is 30.0 Å². The Morgan fingerprint density at radius 3 is 2.95 bits per heavy atom. The summed E-state index contributed by atoms with van der Waals surface area (Å²) in [5.74, 6) is 1.35. The van der Waals surface area contributed by atoms with Crippen LogP contribution in [0, 0.1) is 12.8 Å². The van der Waals surface area contributed by atoms with Crippen molar-refractivity contribution >= 4 is 27.7 Å². The van der Waals surface area contributed by atoms with Gasteiger partial charge in [-0.25, -0.2) is 4.98 Å². The molecule has 1 amide bonds. The minimum absolute atomic E-state index is 0.106. The normalized spacial score (nSPS) is 22.7. The summed E-state index contributed by atoms with van der Waals surface area (Å²) < 4.78 is 0.999. The average Bonchev–Trinajstić information content (AvgIpc) is 3.23. The molecule has 1 aliphatic carbocycles. The second-order valence-corrected chi connectivity index (χ2v) is 6.78. The van der Waals surface area contributed by atoms with Gasteiger partial charge in [0.2, 0.25) is 5.91 Å². The maximum atomic E-state index is 12.2. The molecule has 1 N–H and O–H groups in total. The number of aromatic nitrogens is 1. The molecule has 1 aromatic heterocycles. The molecule has 20 heavy (non-hydrogen) atoms. The molecule has 2 heterocycles. The number of carbonyl (C=O) groups excluding carboxylic acids is 1. The second-order valence-electron chi connectivity index (χ2n) is 5.86. The molecule has 0 spiro atoms. The Kier molecular flexibility index (Phi) is 3.96. The zero-order valence-corrected chi connectivity index (χ0v) is 13.3. The first-order valence-electron chi connectivity index (χ1n) is 7.31. The van der Waals surface area contributed by atoms with Crippen LogP contribution in [0.3, 0.4) is 0 Å². The van der Waals surface area contributed by atoms with Gasteiger partial charge in [0.1, 0.15) is 5.82 Å². The van der Waals surface area contributed by atoms with Crippen LogP contribution in [0.1, 0.15) is 31.2 Å². The topological polar surface area (TPSA) is 45.2 Å². The van der Waals surface area contributed by atoms with Crippen molar-refractivity contribution in [3.63, 3.8) is 0 Å². The van der Waals surface area contributed by atoms with Crippen LogP contribution >= 0.6 is 15.9 Å². The highest BCUT2D eigenvalue weighted by atomic mass is 79.9. The Bertz CT molecular complexity index is 516. The minimum Gasteiger partial charge on any atom is -0.356 e. The van der Waals surface area contributed by atoms with Crippen molar-refractivity contribution in [2.75, 3.05) is 18.0 Å². The number of hydrogen-bond donors (Lipinski definition) is 1. The summed E-state index contributed by atoms with van der Waals surface area (Å²) in [6, 6.07) is 2.53. The number of hydrogen-bond acceptors (Lipinski definition) is 3. The van der Waals surface area contributed by atoms with Crippen molar-refractivity contribution in [1.29, 1.82) is 0 Å². The van der Waals surface area contributed by atoms with Crippen LogP contribution in [0.25, 0.3) is 0 Å². The SMILES string of the molecule is Cc1cc(Br)cnc1N1CCCC(C(=O)NC2CC2)C1. The van der Waals surface area contributed by atoms with Crippen LogP contribution in [0.5, 0.6) is 0 Å². The quantitative estimate of drug-likeness (QED) is 0.922. The van der Waals surface area contributed by atoms with E-state index < -0.39 is 0 Å². The molecule has 108 valence electrons. The van der Waals surface area contributed by atoms with E-state index in [4.69, 9.17) is 0 Å². The number of nitrogens with zero attached hydrogens (tertiary/aromatic N) is 2. The van der Waals surface area contributed by atoms with Crippen LogP contribution in [0.2, 0.25) is 0 Å². The molecule has 0 aromatic carbocycles. The molecule has 1 aliphatic heterocycles. The second kappa shape index (κ2) is 5.72. The lowest BCUT2D eigenvalue weighted by molar-refractivity contribution is -0.125. The lowest BCUT2D eigenvalue weighted by atomic mass is 9.96. The van der Waals surface area contributed by atoms with Gasteiger partial charge in [-0.2, -0.15) is 0 Å². The molecule has 2 aliphatic rings. The van der Waals surface area contributed by atoms with Crippen LogP contribution in [0.4, 0.5) is 5.82 Å². The highest BCUT2D eigenvalue weighted by Gasteiger charge is 2.31. The molecule has 3 rings (SSSR count). The zero-order chi connectivity index (χ0) is 14.1. The number of piperidine rings is 1. The third-order valence-corrected chi connectivity index (χ3v) is 4.47. The summed E-state index contributed by atoms with van der Waals surface area (Å²) >= 11 is 3.44. The number of aryl methyl sites for hydroxylation is 1. The fourth-order valence-corrected chi connectivity index (χ4v) is 3.24. The third kappa shape index (κ3) is 3.14. The highest BCUT2D eigenvalue weighted by Crippen LogP contribution is 2.27. The van der Waals surface area contributed by atoms with E-state index in [0.717, 1.165) is 54.6 Å². The largest absolute Gasteiger partial charge is 0.356 e. The van der Waals surface area contributed by atoms with E-state index in [1.807, 2.05) is 6.20 Å². The number of rotatable bonds is 3. The molecule has 1 saturated carbocycles. The minimum atomic E-state index is 0.106. The lowest BCUT2D eigenvalue weighted by Crippen LogP contribution is -2.44. The molecular weight excluding hydrogens is 318 g/mol. The standard InChI is InChI=1S/C15H20BrN3O/c1-10-7-12(16)8-17-14(10)19-6-2-3-11(9-19)15(20)18-13-4-5-13/h7-8,11,13H,2-6,9H2,1H3,(H,18,20). The summed E-state index contributed by atoms with van der Waals surface area (Å²) in [7, 11) is 0. The summed E-state index contributed by atoms with van der Waals surface area (Å²) in [4.78, 5) is 19.0. The number of anilines is 1. The van der Waals surface area contributed by atoms with Gasteiger partial charge in [0.05, 0.1) is 5.92 Å². The van der Waals surface area contributed by atoms with Crippen molar-refractivity contribution in [2.45, 2.75) is 38.6 Å². The summed E-state index contributed by atoms with van der Waals surface area (Å²) in [6.07, 6.45) is 6.17. The van der Waals surface area contributed by atoms with Gasteiger partial charge >= 0.3 is 0 Å². The Morgan fingerprint density at radius 2 is 2.25 bits per heavy atom. The van der Waals surface area contributed by atoms with Gasteiger partial charge in [-0.05, 0) is 60.2 Å². The number of halogens is 1. The fourth-order valence-electron chi connectivity index (χ4n) is 2.79. The maximum Gasteiger partial charge on any atom is 0.225 e. The van der Waals surface area contributed by atoms with Gasteiger partial charge in [0.15, 0.2) is 0 Å². The van der Waals surface area contributed by atoms with Crippen LogP contribution < -0.4 is 10.2 Å². The molecule has 1 atom stereocenters. The van der Waals surface area contributed by atoms with E-state index in [2.05, 4.69) is 44.1 Å². The van der Waals surface area contributed by atoms with Crippen molar-refractivity contribution in [3.8, 4) is 0 Å². The van der Waals surface area contributed by atoms with E-state index in [-0.39, 0.29) is 11.8 Å². The van der Waals surface area contributed by atoms with E-state index in [1.165, 1.54) is 0 Å². The van der Waals surface area contributed by atoms with Gasteiger partial charge < -0.3 is 10.2 Å². The third-order valence-electron chi connectivity index (χ3n) is 4.03.